The zero-order valence-corrected chi connectivity index (χ0v) is 35.0. The molecule has 6 rings (SSSR count). The fraction of sp³-hybridized carbons (Fsp3) is 1.00. The van der Waals surface area contributed by atoms with Gasteiger partial charge in [0.15, 0.2) is 37.7 Å². The van der Waals surface area contributed by atoms with Crippen LogP contribution in [-0.2, 0) is 52.1 Å². The molecule has 6 saturated heterocycles. The van der Waals surface area contributed by atoms with Gasteiger partial charge in [0.1, 0.15) is 146 Å². The van der Waals surface area contributed by atoms with Crippen LogP contribution in [0.3, 0.4) is 0 Å². The molecule has 31 heteroatoms. The number of rotatable bonds is 16. The Morgan fingerprint density at radius 1 is 0.254 bits per heavy atom. The Kier molecular flexibility index (Phi) is 19.4. The van der Waals surface area contributed by atoms with Crippen molar-refractivity contribution in [3.8, 4) is 0 Å². The van der Waals surface area contributed by atoms with Crippen LogP contribution in [0.1, 0.15) is 0 Å². The van der Waals surface area contributed by atoms with Crippen molar-refractivity contribution in [3.05, 3.63) is 0 Å². The normalized spacial score (nSPS) is 53.4. The summed E-state index contributed by atoms with van der Waals surface area (Å²) in [7, 11) is 0. The molecule has 30 atom stereocenters. The van der Waals surface area contributed by atoms with E-state index in [2.05, 4.69) is 0 Å². The van der Waals surface area contributed by atoms with Crippen LogP contribution < -0.4 is 0 Å². The molecule has 6 heterocycles. The summed E-state index contributed by atoms with van der Waals surface area (Å²) in [6.45, 7) is -5.52. The predicted octanol–water partition coefficient (Wildman–Crippen LogP) is -14.1. The SMILES string of the molecule is OCC1O[C@@H](O[C@@H]2C(O)[C@H](O[C@@H]3C(O)[C@H](OCC4O[C@H](O)C(O)[C@@H](O[C@@H]5OC(CO)[C@@H](O)[C@H](O[C@@H]6OC(CO)[C@@H](O)[C@H](O)C6O)C5O)[C@@H]4O)OC(CO)[C@H]3O)OC(CO)[C@H]2O)C(O)[C@@H](O)[C@@H]1O. The van der Waals surface area contributed by atoms with Gasteiger partial charge in [-0.05, 0) is 0 Å². The van der Waals surface area contributed by atoms with Crippen molar-refractivity contribution in [3.63, 3.8) is 0 Å². The van der Waals surface area contributed by atoms with Crippen LogP contribution in [0.15, 0.2) is 0 Å². The number of aliphatic hydroxyl groups is 20. The quantitative estimate of drug-likeness (QED) is 0.0683. The summed E-state index contributed by atoms with van der Waals surface area (Å²) in [5.74, 6) is 0. The molecule has 0 bridgehead atoms. The number of hydrogen-bond donors (Lipinski definition) is 20. The third-order valence-corrected chi connectivity index (χ3v) is 12.4. The first-order valence-electron chi connectivity index (χ1n) is 21.1. The first-order chi connectivity index (χ1) is 31.7. The Morgan fingerprint density at radius 2 is 0.522 bits per heavy atom. The maximum absolute atomic E-state index is 11.4. The highest BCUT2D eigenvalue weighted by atomic mass is 16.8. The molecular formula is C36H62O31. The third-order valence-electron chi connectivity index (χ3n) is 12.4. The van der Waals surface area contributed by atoms with Gasteiger partial charge in [0.25, 0.3) is 0 Å². The van der Waals surface area contributed by atoms with E-state index in [1.54, 1.807) is 0 Å². The lowest BCUT2D eigenvalue weighted by atomic mass is 9.95. The molecule has 0 radical (unpaired) electrons. The molecule has 6 aliphatic heterocycles. The molecule has 6 fully saturated rings. The van der Waals surface area contributed by atoms with E-state index in [0.717, 1.165) is 0 Å². The van der Waals surface area contributed by atoms with Gasteiger partial charge in [-0.25, -0.2) is 0 Å². The van der Waals surface area contributed by atoms with E-state index in [9.17, 15) is 102 Å². The second-order valence-electron chi connectivity index (χ2n) is 16.8. The molecule has 31 nitrogen and oxygen atoms in total. The Balaban J connectivity index is 1.12. The molecule has 0 saturated carbocycles. The summed E-state index contributed by atoms with van der Waals surface area (Å²) in [4.78, 5) is 0. The van der Waals surface area contributed by atoms with Crippen LogP contribution in [0, 0.1) is 0 Å². The summed E-state index contributed by atoms with van der Waals surface area (Å²) in [5.41, 5.74) is 0. The summed E-state index contributed by atoms with van der Waals surface area (Å²) >= 11 is 0. The number of hydrogen-bond acceptors (Lipinski definition) is 31. The second kappa shape index (κ2) is 23.5. The summed E-state index contributed by atoms with van der Waals surface area (Å²) in [5, 5.41) is 210. The van der Waals surface area contributed by atoms with E-state index in [1.165, 1.54) is 0 Å². The maximum Gasteiger partial charge on any atom is 0.187 e. The topological polar surface area (TPSA) is 506 Å². The highest BCUT2D eigenvalue weighted by Crippen LogP contribution is 2.35. The Bertz CT molecular complexity index is 1510. The fourth-order valence-electron chi connectivity index (χ4n) is 8.39. The minimum Gasteiger partial charge on any atom is -0.394 e. The van der Waals surface area contributed by atoms with E-state index in [4.69, 9.17) is 52.1 Å². The zero-order valence-electron chi connectivity index (χ0n) is 35.0. The molecule has 20 N–H and O–H groups in total. The summed E-state index contributed by atoms with van der Waals surface area (Å²) < 4.78 is 60.3. The molecular weight excluding hydrogens is 928 g/mol. The van der Waals surface area contributed by atoms with Crippen LogP contribution in [0.4, 0.5) is 0 Å². The van der Waals surface area contributed by atoms with Gasteiger partial charge in [-0.1, -0.05) is 0 Å². The molecule has 0 amide bonds. The van der Waals surface area contributed by atoms with Crippen molar-refractivity contribution in [2.24, 2.45) is 0 Å². The molecule has 12 unspecified atom stereocenters. The first-order valence-corrected chi connectivity index (χ1v) is 21.1. The van der Waals surface area contributed by atoms with E-state index in [-0.39, 0.29) is 0 Å². The van der Waals surface area contributed by atoms with E-state index < -0.39 is 224 Å². The molecule has 0 aromatic carbocycles. The molecule has 0 aromatic rings. The van der Waals surface area contributed by atoms with E-state index in [0.29, 0.717) is 0 Å². The fourth-order valence-corrected chi connectivity index (χ4v) is 8.39. The maximum atomic E-state index is 11.4. The Morgan fingerprint density at radius 3 is 0.866 bits per heavy atom. The predicted molar refractivity (Wildman–Crippen MR) is 199 cm³/mol. The van der Waals surface area contributed by atoms with Crippen molar-refractivity contribution in [1.82, 2.24) is 0 Å². The molecule has 67 heavy (non-hydrogen) atoms. The zero-order chi connectivity index (χ0) is 49.3. The van der Waals surface area contributed by atoms with Crippen molar-refractivity contribution in [2.45, 2.75) is 184 Å². The van der Waals surface area contributed by atoms with Crippen molar-refractivity contribution in [2.75, 3.05) is 39.6 Å². The second-order valence-corrected chi connectivity index (χ2v) is 16.8. The summed E-state index contributed by atoms with van der Waals surface area (Å²) in [6.07, 6.45) is -57.3. The van der Waals surface area contributed by atoms with Crippen LogP contribution in [0.5, 0.6) is 0 Å². The highest BCUT2D eigenvalue weighted by Gasteiger charge is 2.56. The van der Waals surface area contributed by atoms with E-state index in [1.807, 2.05) is 0 Å². The van der Waals surface area contributed by atoms with Gasteiger partial charge in [0, 0.05) is 0 Å². The minimum atomic E-state index is -2.19. The van der Waals surface area contributed by atoms with Crippen LogP contribution in [0.2, 0.25) is 0 Å². The monoisotopic (exact) mass is 990 g/mol. The number of ether oxygens (including phenoxy) is 11. The number of aliphatic hydroxyl groups excluding tert-OH is 20. The average molecular weight is 991 g/mol. The van der Waals surface area contributed by atoms with Gasteiger partial charge >= 0.3 is 0 Å². The Labute approximate surface area is 378 Å². The highest BCUT2D eigenvalue weighted by molar-refractivity contribution is 4.99. The van der Waals surface area contributed by atoms with Gasteiger partial charge in [-0.15, -0.1) is 0 Å². The smallest absolute Gasteiger partial charge is 0.187 e. The largest absolute Gasteiger partial charge is 0.394 e. The molecule has 6 aliphatic rings. The summed E-state index contributed by atoms with van der Waals surface area (Å²) in [6, 6.07) is 0. The van der Waals surface area contributed by atoms with Gasteiger partial charge < -0.3 is 154 Å². The van der Waals surface area contributed by atoms with Crippen LogP contribution >= 0.6 is 0 Å². The van der Waals surface area contributed by atoms with Crippen LogP contribution in [-0.4, -0.2) is 326 Å². The lowest BCUT2D eigenvalue weighted by Gasteiger charge is -2.48. The van der Waals surface area contributed by atoms with Gasteiger partial charge in [0.2, 0.25) is 0 Å². The molecule has 0 aliphatic carbocycles. The molecule has 0 aromatic heterocycles. The molecule has 0 spiro atoms. The standard InChI is InChI=1S/C36H62O31/c37-1-7-13(42)19(48)21(50)33(60-7)65-29-16(45)10(4-40)62-35(25(29)54)64-27-18(47)12(58-31(56)23(27)52)6-57-32-24(53)28(15(44)9(3-39)59-32)67-36-26(55)30(17(46)11(5-41)63-36)66-34-22(51)20(49)14(43)8(2-38)61-34/h7-56H,1-6H2/t7?,8?,9?,10?,11?,12?,13-,14-,15-,16-,17-,18-,19+,20+,21?,22?,23?,24?,25?,26?,27+,28+,29+,30+,31+,32-,33+,34+,35+,36+/m1/s1. The van der Waals surface area contributed by atoms with Crippen molar-refractivity contribution in [1.29, 1.82) is 0 Å². The average Bonchev–Trinajstić information content (AvgIpc) is 3.31. The van der Waals surface area contributed by atoms with Crippen LogP contribution in [0.25, 0.3) is 0 Å². The van der Waals surface area contributed by atoms with Crippen molar-refractivity contribution >= 4 is 0 Å². The van der Waals surface area contributed by atoms with Gasteiger partial charge in [-0.3, -0.25) is 0 Å². The van der Waals surface area contributed by atoms with Crippen molar-refractivity contribution < 1.29 is 154 Å². The molecule has 392 valence electrons. The minimum absolute atomic E-state index is 0.862. The first kappa shape index (κ1) is 55.1. The van der Waals surface area contributed by atoms with Gasteiger partial charge in [0.05, 0.1) is 39.6 Å². The Hall–Kier alpha value is -1.24. The lowest BCUT2D eigenvalue weighted by Crippen LogP contribution is -2.67. The van der Waals surface area contributed by atoms with E-state index >= 15 is 0 Å². The van der Waals surface area contributed by atoms with Gasteiger partial charge in [-0.2, -0.15) is 0 Å². The third kappa shape index (κ3) is 11.4. The lowest BCUT2D eigenvalue weighted by molar-refractivity contribution is -0.386.